The minimum Gasteiger partial charge on any atom is -0.488 e. The van der Waals surface area contributed by atoms with Crippen molar-refractivity contribution in [2.75, 3.05) is 23.9 Å². The smallest absolute Gasteiger partial charge is 0.167 e. The number of hydrogen-bond acceptors (Lipinski definition) is 5. The number of ether oxygens (including phenoxy) is 1. The third-order valence-electron chi connectivity index (χ3n) is 3.18. The van der Waals surface area contributed by atoms with Gasteiger partial charge < -0.3 is 15.8 Å². The Morgan fingerprint density at radius 2 is 1.95 bits per heavy atom. The van der Waals surface area contributed by atoms with E-state index in [0.717, 1.165) is 6.07 Å². The number of nitrogens with one attached hydrogen (secondary N) is 1. The molecule has 0 fully saturated rings. The van der Waals surface area contributed by atoms with E-state index in [1.54, 1.807) is 27.7 Å². The lowest BCUT2D eigenvalue weighted by Crippen LogP contribution is -2.38. The minimum atomic E-state index is -3.23. The average Bonchev–Trinajstić information content (AvgIpc) is 2.29. The quantitative estimate of drug-likeness (QED) is 0.787. The van der Waals surface area contributed by atoms with Crippen LogP contribution in [0.5, 0.6) is 5.75 Å². The minimum absolute atomic E-state index is 0.0823. The second kappa shape index (κ2) is 6.09. The van der Waals surface area contributed by atoms with E-state index < -0.39 is 20.4 Å². The number of sulfone groups is 1. The van der Waals surface area contributed by atoms with Crippen molar-refractivity contribution in [2.45, 2.75) is 38.5 Å². The lowest BCUT2D eigenvalue weighted by molar-refractivity contribution is 0.231. The summed E-state index contributed by atoms with van der Waals surface area (Å²) in [4.78, 5) is 0. The van der Waals surface area contributed by atoms with E-state index in [9.17, 15) is 12.8 Å². The molecule has 1 aromatic carbocycles. The van der Waals surface area contributed by atoms with Crippen molar-refractivity contribution < 1.29 is 17.5 Å². The van der Waals surface area contributed by atoms with Crippen LogP contribution in [0.4, 0.5) is 15.8 Å². The van der Waals surface area contributed by atoms with Crippen molar-refractivity contribution in [3.05, 3.63) is 17.9 Å². The molecule has 0 spiro atoms. The highest BCUT2D eigenvalue weighted by Crippen LogP contribution is 2.29. The molecule has 0 amide bonds. The van der Waals surface area contributed by atoms with E-state index in [4.69, 9.17) is 10.5 Å². The van der Waals surface area contributed by atoms with Crippen LogP contribution >= 0.6 is 0 Å². The van der Waals surface area contributed by atoms with Crippen molar-refractivity contribution in [1.82, 2.24) is 0 Å². The van der Waals surface area contributed by atoms with Gasteiger partial charge in [-0.2, -0.15) is 0 Å². The van der Waals surface area contributed by atoms with Crippen LogP contribution in [-0.2, 0) is 9.84 Å². The topological polar surface area (TPSA) is 81.4 Å². The van der Waals surface area contributed by atoms with Gasteiger partial charge in [-0.15, -0.1) is 0 Å². The van der Waals surface area contributed by atoms with Crippen molar-refractivity contribution >= 4 is 21.2 Å². The third-order valence-corrected chi connectivity index (χ3v) is 5.33. The Hall–Kier alpha value is -1.50. The molecule has 0 aliphatic heterocycles. The van der Waals surface area contributed by atoms with E-state index in [0.29, 0.717) is 5.69 Å². The summed E-state index contributed by atoms with van der Waals surface area (Å²) in [5, 5.41) is 2.95. The van der Waals surface area contributed by atoms with Gasteiger partial charge in [-0.25, -0.2) is 12.8 Å². The molecule has 120 valence electrons. The van der Waals surface area contributed by atoms with Crippen LogP contribution < -0.4 is 15.8 Å². The zero-order valence-electron chi connectivity index (χ0n) is 13.0. The second-order valence-corrected chi connectivity index (χ2v) is 8.57. The van der Waals surface area contributed by atoms with Crippen molar-refractivity contribution in [1.29, 1.82) is 0 Å². The van der Waals surface area contributed by atoms with Gasteiger partial charge in [-0.3, -0.25) is 0 Å². The maximum absolute atomic E-state index is 13.7. The molecule has 1 aromatic rings. The SMILES string of the molecule is CC(C)Oc1cc(NCC(C)(C)S(C)(=O)=O)c(N)cc1F. The molecule has 0 radical (unpaired) electrons. The van der Waals surface area contributed by atoms with Crippen LogP contribution in [0.3, 0.4) is 0 Å². The second-order valence-electron chi connectivity index (χ2n) is 5.92. The van der Waals surface area contributed by atoms with Gasteiger partial charge in [-0.05, 0) is 27.7 Å². The number of rotatable bonds is 6. The molecular formula is C14H23FN2O3S. The van der Waals surface area contributed by atoms with Crippen LogP contribution in [0.2, 0.25) is 0 Å². The highest BCUT2D eigenvalue weighted by Gasteiger charge is 2.30. The van der Waals surface area contributed by atoms with Crippen LogP contribution in [-0.4, -0.2) is 32.1 Å². The molecule has 0 saturated heterocycles. The molecule has 0 unspecified atom stereocenters. The molecule has 0 aromatic heterocycles. The van der Waals surface area contributed by atoms with Crippen LogP contribution in [0.15, 0.2) is 12.1 Å². The molecule has 3 N–H and O–H groups in total. The van der Waals surface area contributed by atoms with Gasteiger partial charge in [-0.1, -0.05) is 0 Å². The summed E-state index contributed by atoms with van der Waals surface area (Å²) in [5.41, 5.74) is 6.40. The van der Waals surface area contributed by atoms with Gasteiger partial charge in [0.1, 0.15) is 0 Å². The summed E-state index contributed by atoms with van der Waals surface area (Å²) < 4.78 is 41.5. The summed E-state index contributed by atoms with van der Waals surface area (Å²) in [5.74, 6) is -0.465. The summed E-state index contributed by atoms with van der Waals surface area (Å²) in [7, 11) is -3.23. The van der Waals surface area contributed by atoms with Gasteiger partial charge in [0, 0.05) is 24.9 Å². The molecule has 0 bridgehead atoms. The zero-order valence-corrected chi connectivity index (χ0v) is 13.8. The fourth-order valence-corrected chi connectivity index (χ4v) is 1.84. The monoisotopic (exact) mass is 318 g/mol. The lowest BCUT2D eigenvalue weighted by Gasteiger charge is -2.24. The molecule has 0 aliphatic carbocycles. The molecule has 0 heterocycles. The maximum atomic E-state index is 13.7. The fourth-order valence-electron chi connectivity index (χ4n) is 1.51. The molecule has 7 heteroatoms. The molecule has 0 atom stereocenters. The maximum Gasteiger partial charge on any atom is 0.167 e. The van der Waals surface area contributed by atoms with E-state index in [1.807, 2.05) is 0 Å². The standard InChI is InChI=1S/C14H23FN2O3S/c1-9(2)20-13-7-12(11(16)6-10(13)15)17-8-14(3,4)21(5,18)19/h6-7,9,17H,8,16H2,1-5H3. The lowest BCUT2D eigenvalue weighted by atomic mass is 10.2. The Kier molecular flexibility index (Phi) is 5.09. The summed E-state index contributed by atoms with van der Waals surface area (Å²) in [6.07, 6.45) is 0.999. The molecule has 1 rings (SSSR count). The van der Waals surface area contributed by atoms with Crippen LogP contribution in [0.1, 0.15) is 27.7 Å². The molecule has 0 saturated carbocycles. The molecule has 21 heavy (non-hydrogen) atoms. The van der Waals surface area contributed by atoms with Crippen LogP contribution in [0, 0.1) is 5.82 Å². The average molecular weight is 318 g/mol. The van der Waals surface area contributed by atoms with Crippen molar-refractivity contribution in [2.24, 2.45) is 0 Å². The Bertz CT molecular complexity index is 613. The summed E-state index contributed by atoms with van der Waals surface area (Å²) >= 11 is 0. The number of anilines is 2. The van der Waals surface area contributed by atoms with E-state index in [-0.39, 0.29) is 24.1 Å². The fraction of sp³-hybridized carbons (Fsp3) is 0.571. The zero-order chi connectivity index (χ0) is 16.4. The summed E-state index contributed by atoms with van der Waals surface area (Å²) in [6.45, 7) is 6.95. The summed E-state index contributed by atoms with van der Waals surface area (Å²) in [6, 6.07) is 2.61. The normalized spacial score (nSPS) is 12.5. The third kappa shape index (κ3) is 4.49. The first kappa shape index (κ1) is 17.6. The van der Waals surface area contributed by atoms with Crippen LogP contribution in [0.25, 0.3) is 0 Å². The van der Waals surface area contributed by atoms with E-state index in [1.165, 1.54) is 12.3 Å². The van der Waals surface area contributed by atoms with Gasteiger partial charge in [0.15, 0.2) is 21.4 Å². The van der Waals surface area contributed by atoms with Gasteiger partial charge in [0.2, 0.25) is 0 Å². The van der Waals surface area contributed by atoms with E-state index in [2.05, 4.69) is 5.32 Å². The Morgan fingerprint density at radius 3 is 2.43 bits per heavy atom. The van der Waals surface area contributed by atoms with Gasteiger partial charge >= 0.3 is 0 Å². The molecular weight excluding hydrogens is 295 g/mol. The Morgan fingerprint density at radius 1 is 1.38 bits per heavy atom. The number of nitrogens with two attached hydrogens (primary N) is 1. The van der Waals surface area contributed by atoms with Crippen molar-refractivity contribution in [3.63, 3.8) is 0 Å². The van der Waals surface area contributed by atoms with Crippen molar-refractivity contribution in [3.8, 4) is 5.75 Å². The number of halogens is 1. The molecule has 0 aliphatic rings. The Balaban J connectivity index is 2.99. The number of nitrogen functional groups attached to an aromatic ring is 1. The molecule has 5 nitrogen and oxygen atoms in total. The first-order chi connectivity index (χ1) is 9.44. The number of hydrogen-bond donors (Lipinski definition) is 2. The van der Waals surface area contributed by atoms with Gasteiger partial charge in [0.05, 0.1) is 22.2 Å². The number of benzene rings is 1. The predicted molar refractivity (Wildman–Crippen MR) is 84.0 cm³/mol. The largest absolute Gasteiger partial charge is 0.488 e. The first-order valence-electron chi connectivity index (χ1n) is 6.63. The van der Waals surface area contributed by atoms with Gasteiger partial charge in [0.25, 0.3) is 0 Å². The van der Waals surface area contributed by atoms with E-state index >= 15 is 0 Å². The highest BCUT2D eigenvalue weighted by atomic mass is 32.2. The predicted octanol–water partition coefficient (Wildman–Crippen LogP) is 2.43. The highest BCUT2D eigenvalue weighted by molar-refractivity contribution is 7.92. The first-order valence-corrected chi connectivity index (χ1v) is 8.52. The Labute approximate surface area is 125 Å².